The van der Waals surface area contributed by atoms with E-state index in [1.165, 1.54) is 11.3 Å². The Bertz CT molecular complexity index is 401. The molecule has 0 spiro atoms. The Morgan fingerprint density at radius 3 is 3.16 bits per heavy atom. The van der Waals surface area contributed by atoms with E-state index in [-0.39, 0.29) is 18.6 Å². The molecule has 0 bridgehead atoms. The third kappa shape index (κ3) is 4.28. The van der Waals surface area contributed by atoms with E-state index in [1.54, 1.807) is 0 Å². The van der Waals surface area contributed by atoms with Crippen LogP contribution in [0.2, 0.25) is 0 Å². The first kappa shape index (κ1) is 14.5. The van der Waals surface area contributed by atoms with Crippen LogP contribution in [0.1, 0.15) is 33.5 Å². The molecular formula is C13H19NO4S. The second-order valence-electron chi connectivity index (χ2n) is 4.30. The van der Waals surface area contributed by atoms with E-state index in [0.717, 1.165) is 24.3 Å². The number of carbonyl (C=O) groups excluding carboxylic acids is 1. The monoisotopic (exact) mass is 285 g/mol. The van der Waals surface area contributed by atoms with E-state index in [9.17, 15) is 4.79 Å². The van der Waals surface area contributed by atoms with Gasteiger partial charge >= 0.3 is 0 Å². The highest BCUT2D eigenvalue weighted by atomic mass is 32.1. The zero-order valence-electron chi connectivity index (χ0n) is 10.8. The number of carbonyl (C=O) groups is 1. The molecule has 106 valence electrons. The summed E-state index contributed by atoms with van der Waals surface area (Å²) in [6, 6.07) is 3.81. The van der Waals surface area contributed by atoms with E-state index in [2.05, 4.69) is 5.32 Å². The van der Waals surface area contributed by atoms with E-state index in [1.807, 2.05) is 12.1 Å². The van der Waals surface area contributed by atoms with Gasteiger partial charge in [-0.25, -0.2) is 0 Å². The SMILES string of the molecule is O=C(NCCOCCO)c1ccc([C@H]2CCCO2)s1. The number of hydrogen-bond acceptors (Lipinski definition) is 5. The smallest absolute Gasteiger partial charge is 0.261 e. The molecule has 2 rings (SSSR count). The minimum atomic E-state index is -0.0816. The van der Waals surface area contributed by atoms with Crippen LogP contribution in [0.5, 0.6) is 0 Å². The summed E-state index contributed by atoms with van der Waals surface area (Å²) in [5.41, 5.74) is 0. The third-order valence-electron chi connectivity index (χ3n) is 2.87. The van der Waals surface area contributed by atoms with Crippen molar-refractivity contribution in [2.45, 2.75) is 18.9 Å². The van der Waals surface area contributed by atoms with Crippen LogP contribution in [0.25, 0.3) is 0 Å². The number of nitrogens with one attached hydrogen (secondary N) is 1. The number of ether oxygens (including phenoxy) is 2. The van der Waals surface area contributed by atoms with Crippen molar-refractivity contribution in [3.05, 3.63) is 21.9 Å². The van der Waals surface area contributed by atoms with Gasteiger partial charge in [0.15, 0.2) is 0 Å². The molecule has 2 N–H and O–H groups in total. The van der Waals surface area contributed by atoms with Gasteiger partial charge in [0.2, 0.25) is 0 Å². The van der Waals surface area contributed by atoms with Crippen molar-refractivity contribution < 1.29 is 19.4 Å². The first-order valence-corrected chi connectivity index (χ1v) is 7.31. The van der Waals surface area contributed by atoms with E-state index >= 15 is 0 Å². The van der Waals surface area contributed by atoms with Crippen LogP contribution >= 0.6 is 11.3 Å². The number of aliphatic hydroxyl groups is 1. The van der Waals surface area contributed by atoms with Crippen LogP contribution in [0, 0.1) is 0 Å². The van der Waals surface area contributed by atoms with Crippen LogP contribution < -0.4 is 5.32 Å². The topological polar surface area (TPSA) is 67.8 Å². The molecule has 1 saturated heterocycles. The van der Waals surface area contributed by atoms with Crippen LogP contribution in [0.3, 0.4) is 0 Å². The number of amides is 1. The molecule has 0 aliphatic carbocycles. The average Bonchev–Trinajstić information content (AvgIpc) is 3.08. The Balaban J connectivity index is 1.76. The van der Waals surface area contributed by atoms with Gasteiger partial charge in [0.05, 0.1) is 30.8 Å². The molecular weight excluding hydrogens is 266 g/mol. The molecule has 0 unspecified atom stereocenters. The van der Waals surface area contributed by atoms with Gasteiger partial charge in [0, 0.05) is 18.0 Å². The summed E-state index contributed by atoms with van der Waals surface area (Å²) in [6.45, 7) is 1.98. The van der Waals surface area contributed by atoms with Gasteiger partial charge in [-0.3, -0.25) is 4.79 Å². The zero-order valence-corrected chi connectivity index (χ0v) is 11.6. The summed E-state index contributed by atoms with van der Waals surface area (Å²) in [7, 11) is 0. The lowest BCUT2D eigenvalue weighted by Gasteiger charge is -2.05. The number of thiophene rings is 1. The Morgan fingerprint density at radius 1 is 1.53 bits per heavy atom. The van der Waals surface area contributed by atoms with Crippen molar-refractivity contribution in [2.24, 2.45) is 0 Å². The Labute approximate surface area is 116 Å². The largest absolute Gasteiger partial charge is 0.394 e. The van der Waals surface area contributed by atoms with E-state index < -0.39 is 0 Å². The fourth-order valence-corrected chi connectivity index (χ4v) is 2.95. The van der Waals surface area contributed by atoms with E-state index in [4.69, 9.17) is 14.6 Å². The van der Waals surface area contributed by atoms with Gasteiger partial charge in [-0.2, -0.15) is 0 Å². The van der Waals surface area contributed by atoms with Gasteiger partial charge in [-0.1, -0.05) is 0 Å². The lowest BCUT2D eigenvalue weighted by Crippen LogP contribution is -2.26. The molecule has 1 aliphatic heterocycles. The third-order valence-corrected chi connectivity index (χ3v) is 4.04. The number of hydrogen-bond donors (Lipinski definition) is 2. The molecule has 0 aromatic carbocycles. The summed E-state index contributed by atoms with van der Waals surface area (Å²) >= 11 is 1.49. The van der Waals surface area contributed by atoms with Crippen molar-refractivity contribution >= 4 is 17.2 Å². The molecule has 1 aromatic heterocycles. The van der Waals surface area contributed by atoms with Crippen molar-refractivity contribution in [1.29, 1.82) is 0 Å². The number of rotatable bonds is 7. The van der Waals surface area contributed by atoms with Crippen molar-refractivity contribution in [2.75, 3.05) is 33.0 Å². The summed E-state index contributed by atoms with van der Waals surface area (Å²) in [4.78, 5) is 13.7. The highest BCUT2D eigenvalue weighted by Gasteiger charge is 2.20. The van der Waals surface area contributed by atoms with Crippen molar-refractivity contribution in [3.63, 3.8) is 0 Å². The van der Waals surface area contributed by atoms with Crippen LogP contribution in [0.4, 0.5) is 0 Å². The fraction of sp³-hybridized carbons (Fsp3) is 0.615. The maximum absolute atomic E-state index is 11.9. The second-order valence-corrected chi connectivity index (χ2v) is 5.41. The van der Waals surface area contributed by atoms with Gasteiger partial charge in [-0.15, -0.1) is 11.3 Å². The fourth-order valence-electron chi connectivity index (χ4n) is 1.94. The second kappa shape index (κ2) is 7.59. The first-order chi connectivity index (χ1) is 9.31. The average molecular weight is 285 g/mol. The molecule has 2 heterocycles. The highest BCUT2D eigenvalue weighted by molar-refractivity contribution is 7.14. The first-order valence-electron chi connectivity index (χ1n) is 6.49. The lowest BCUT2D eigenvalue weighted by molar-refractivity contribution is 0.0840. The molecule has 1 aliphatic rings. The molecule has 0 saturated carbocycles. The minimum absolute atomic E-state index is 0.00359. The quantitative estimate of drug-likeness (QED) is 0.742. The molecule has 5 nitrogen and oxygen atoms in total. The standard InChI is InChI=1S/C13H19NO4S/c15-6-9-17-8-5-14-13(16)12-4-3-11(19-12)10-2-1-7-18-10/h3-4,10,15H,1-2,5-9H2,(H,14,16)/t10-/m1/s1. The van der Waals surface area contributed by atoms with E-state index in [0.29, 0.717) is 24.6 Å². The molecule has 1 atom stereocenters. The molecule has 6 heteroatoms. The predicted octanol–water partition coefficient (Wildman–Crippen LogP) is 1.34. The maximum atomic E-state index is 11.9. The van der Waals surface area contributed by atoms with Crippen LogP contribution in [-0.4, -0.2) is 44.0 Å². The lowest BCUT2D eigenvalue weighted by atomic mass is 10.2. The van der Waals surface area contributed by atoms with Gasteiger partial charge < -0.3 is 19.9 Å². The molecule has 0 radical (unpaired) electrons. The Kier molecular flexibility index (Phi) is 5.78. The summed E-state index contributed by atoms with van der Waals surface area (Å²) < 4.78 is 10.7. The molecule has 1 fully saturated rings. The molecule has 1 aromatic rings. The Hall–Kier alpha value is -0.950. The summed E-state index contributed by atoms with van der Waals surface area (Å²) in [5.74, 6) is -0.0816. The van der Waals surface area contributed by atoms with Crippen molar-refractivity contribution in [3.8, 4) is 0 Å². The zero-order chi connectivity index (χ0) is 13.5. The van der Waals surface area contributed by atoms with Gasteiger partial charge in [0.25, 0.3) is 5.91 Å². The Morgan fingerprint density at radius 2 is 2.42 bits per heavy atom. The predicted molar refractivity (Wildman–Crippen MR) is 72.5 cm³/mol. The summed E-state index contributed by atoms with van der Waals surface area (Å²) in [5, 5.41) is 11.3. The maximum Gasteiger partial charge on any atom is 0.261 e. The minimum Gasteiger partial charge on any atom is -0.394 e. The van der Waals surface area contributed by atoms with Gasteiger partial charge in [-0.05, 0) is 25.0 Å². The number of aliphatic hydroxyl groups excluding tert-OH is 1. The molecule has 1 amide bonds. The highest BCUT2D eigenvalue weighted by Crippen LogP contribution is 2.33. The van der Waals surface area contributed by atoms with Gasteiger partial charge in [0.1, 0.15) is 0 Å². The molecule has 19 heavy (non-hydrogen) atoms. The van der Waals surface area contributed by atoms with Crippen LogP contribution in [-0.2, 0) is 9.47 Å². The normalized spacial score (nSPS) is 18.7. The van der Waals surface area contributed by atoms with Crippen LogP contribution in [0.15, 0.2) is 12.1 Å². The van der Waals surface area contributed by atoms with Crippen molar-refractivity contribution in [1.82, 2.24) is 5.32 Å². The summed E-state index contributed by atoms with van der Waals surface area (Å²) in [6.07, 6.45) is 2.29.